The Balaban J connectivity index is 2.60. The number of benzene rings is 2. The minimum Gasteiger partial charge on any atom is -0.481 e. The van der Waals surface area contributed by atoms with Gasteiger partial charge in [-0.3, -0.25) is 4.79 Å². The fraction of sp³-hybridized carbons (Fsp3) is 0.409. The summed E-state index contributed by atoms with van der Waals surface area (Å²) < 4.78 is 0. The highest BCUT2D eigenvalue weighted by Crippen LogP contribution is 2.47. The number of aliphatic carboxylic acids is 1. The lowest BCUT2D eigenvalue weighted by Crippen LogP contribution is -2.49. The van der Waals surface area contributed by atoms with Crippen LogP contribution in [0.15, 0.2) is 60.7 Å². The van der Waals surface area contributed by atoms with Crippen LogP contribution in [0.25, 0.3) is 0 Å². The van der Waals surface area contributed by atoms with Crippen molar-refractivity contribution in [3.8, 4) is 0 Å². The molecule has 0 aliphatic heterocycles. The molecule has 0 spiro atoms. The molecule has 0 radical (unpaired) electrons. The predicted octanol–water partition coefficient (Wildman–Crippen LogP) is 5.18. The second-order valence-electron chi connectivity index (χ2n) is 7.19. The summed E-state index contributed by atoms with van der Waals surface area (Å²) in [4.78, 5) is 12.3. The molecular formula is C22H28O2. The van der Waals surface area contributed by atoms with E-state index in [-0.39, 0.29) is 11.8 Å². The van der Waals surface area contributed by atoms with Crippen LogP contribution in [0.5, 0.6) is 0 Å². The lowest BCUT2D eigenvalue weighted by molar-refractivity contribution is -0.146. The minimum absolute atomic E-state index is 0.213. The molecule has 1 unspecified atom stereocenters. The molecule has 0 fully saturated rings. The summed E-state index contributed by atoms with van der Waals surface area (Å²) >= 11 is 0. The summed E-state index contributed by atoms with van der Waals surface area (Å²) in [6, 6.07) is 20.1. The molecular weight excluding hydrogens is 296 g/mol. The second kappa shape index (κ2) is 7.65. The number of hydrogen-bond donors (Lipinski definition) is 1. The van der Waals surface area contributed by atoms with Gasteiger partial charge in [0.15, 0.2) is 0 Å². The van der Waals surface area contributed by atoms with Crippen molar-refractivity contribution >= 4 is 5.97 Å². The Morgan fingerprint density at radius 1 is 0.875 bits per heavy atom. The molecule has 0 saturated carbocycles. The Hall–Kier alpha value is -2.09. The Morgan fingerprint density at radius 3 is 1.75 bits per heavy atom. The van der Waals surface area contributed by atoms with E-state index in [9.17, 15) is 9.90 Å². The number of carboxylic acid groups (broad SMARTS) is 1. The maximum atomic E-state index is 12.3. The van der Waals surface area contributed by atoms with Crippen LogP contribution in [0.3, 0.4) is 0 Å². The zero-order chi connectivity index (χ0) is 17.7. The Bertz CT molecular complexity index is 636. The first kappa shape index (κ1) is 18.3. The Labute approximate surface area is 145 Å². The first-order valence-electron chi connectivity index (χ1n) is 8.73. The highest BCUT2D eigenvalue weighted by atomic mass is 16.4. The zero-order valence-electron chi connectivity index (χ0n) is 15.1. The van der Waals surface area contributed by atoms with Gasteiger partial charge in [0.05, 0.1) is 5.92 Å². The summed E-state index contributed by atoms with van der Waals surface area (Å²) in [5.74, 6) is -0.762. The average Bonchev–Trinajstić information content (AvgIpc) is 2.55. The molecule has 1 atom stereocenters. The van der Waals surface area contributed by atoms with Crippen LogP contribution in [0.1, 0.15) is 38.8 Å². The molecule has 2 aromatic carbocycles. The zero-order valence-corrected chi connectivity index (χ0v) is 15.1. The van der Waals surface area contributed by atoms with Crippen LogP contribution in [0.4, 0.5) is 0 Å². The summed E-state index contributed by atoms with van der Waals surface area (Å²) in [7, 11) is 0. The summed E-state index contributed by atoms with van der Waals surface area (Å²) in [5.41, 5.74) is 1.79. The van der Waals surface area contributed by atoms with Gasteiger partial charge >= 0.3 is 5.97 Å². The fourth-order valence-electron chi connectivity index (χ4n) is 4.38. The standard InChI is InChI=1S/C22H28O2/c1-16(2)22(17(3)4,19-13-9-6-10-14-19)20(21(23)24)15-18-11-7-5-8-12-18/h5-14,16-17,20H,15H2,1-4H3,(H,23,24). The van der Waals surface area contributed by atoms with Gasteiger partial charge in [-0.15, -0.1) is 0 Å². The molecule has 0 amide bonds. The van der Waals surface area contributed by atoms with Crippen molar-refractivity contribution in [3.63, 3.8) is 0 Å². The van der Waals surface area contributed by atoms with E-state index in [4.69, 9.17) is 0 Å². The molecule has 0 aromatic heterocycles. The van der Waals surface area contributed by atoms with Gasteiger partial charge in [-0.25, -0.2) is 0 Å². The van der Waals surface area contributed by atoms with Gasteiger partial charge in [0.25, 0.3) is 0 Å². The predicted molar refractivity (Wildman–Crippen MR) is 99.1 cm³/mol. The number of carboxylic acids is 1. The Morgan fingerprint density at radius 2 is 1.33 bits per heavy atom. The van der Waals surface area contributed by atoms with Gasteiger partial charge in [-0.1, -0.05) is 88.4 Å². The summed E-state index contributed by atoms with van der Waals surface area (Å²) in [5, 5.41) is 10.1. The molecule has 0 aliphatic rings. The lowest BCUT2D eigenvalue weighted by atomic mass is 9.56. The topological polar surface area (TPSA) is 37.3 Å². The van der Waals surface area contributed by atoms with Crippen molar-refractivity contribution in [2.45, 2.75) is 39.5 Å². The van der Waals surface area contributed by atoms with Crippen molar-refractivity contribution in [1.82, 2.24) is 0 Å². The van der Waals surface area contributed by atoms with E-state index in [2.05, 4.69) is 39.8 Å². The van der Waals surface area contributed by atoms with Crippen LogP contribution in [0.2, 0.25) is 0 Å². The normalized spacial score (nSPS) is 13.2. The molecule has 2 rings (SSSR count). The molecule has 0 saturated heterocycles. The minimum atomic E-state index is -0.717. The first-order valence-corrected chi connectivity index (χ1v) is 8.73. The van der Waals surface area contributed by atoms with E-state index in [0.29, 0.717) is 6.42 Å². The van der Waals surface area contributed by atoms with Gasteiger partial charge in [0.2, 0.25) is 0 Å². The highest BCUT2D eigenvalue weighted by molar-refractivity contribution is 5.73. The van der Waals surface area contributed by atoms with Crippen molar-refractivity contribution in [2.24, 2.45) is 17.8 Å². The van der Waals surface area contributed by atoms with E-state index in [1.807, 2.05) is 48.5 Å². The largest absolute Gasteiger partial charge is 0.481 e. The third-order valence-corrected chi connectivity index (χ3v) is 5.34. The SMILES string of the molecule is CC(C)C(c1ccccc1)(C(C)C)C(Cc1ccccc1)C(=O)O. The molecule has 0 bridgehead atoms. The smallest absolute Gasteiger partial charge is 0.307 e. The molecule has 2 nitrogen and oxygen atoms in total. The van der Waals surface area contributed by atoms with E-state index < -0.39 is 17.3 Å². The van der Waals surface area contributed by atoms with E-state index >= 15 is 0 Å². The molecule has 2 heteroatoms. The second-order valence-corrected chi connectivity index (χ2v) is 7.19. The van der Waals surface area contributed by atoms with E-state index in [1.54, 1.807) is 0 Å². The maximum absolute atomic E-state index is 12.3. The molecule has 128 valence electrons. The first-order chi connectivity index (χ1) is 11.4. The van der Waals surface area contributed by atoms with E-state index in [1.165, 1.54) is 0 Å². The monoisotopic (exact) mass is 324 g/mol. The summed E-state index contributed by atoms with van der Waals surface area (Å²) in [6.45, 7) is 8.59. The fourth-order valence-corrected chi connectivity index (χ4v) is 4.38. The number of carbonyl (C=O) groups is 1. The van der Waals surface area contributed by atoms with Crippen LogP contribution >= 0.6 is 0 Å². The molecule has 0 heterocycles. The quantitative estimate of drug-likeness (QED) is 0.762. The average molecular weight is 324 g/mol. The molecule has 0 aliphatic carbocycles. The third kappa shape index (κ3) is 3.38. The number of rotatable bonds is 7. The highest BCUT2D eigenvalue weighted by Gasteiger charge is 2.48. The lowest BCUT2D eigenvalue weighted by Gasteiger charge is -2.46. The van der Waals surface area contributed by atoms with Crippen LogP contribution in [-0.2, 0) is 16.6 Å². The van der Waals surface area contributed by atoms with Gasteiger partial charge < -0.3 is 5.11 Å². The van der Waals surface area contributed by atoms with Gasteiger partial charge in [-0.2, -0.15) is 0 Å². The van der Waals surface area contributed by atoms with Crippen LogP contribution in [0, 0.1) is 17.8 Å². The van der Waals surface area contributed by atoms with Gasteiger partial charge in [0.1, 0.15) is 0 Å². The Kier molecular flexibility index (Phi) is 5.82. The van der Waals surface area contributed by atoms with Crippen LogP contribution in [-0.4, -0.2) is 11.1 Å². The van der Waals surface area contributed by atoms with Gasteiger partial charge in [0, 0.05) is 5.41 Å². The van der Waals surface area contributed by atoms with Crippen molar-refractivity contribution in [2.75, 3.05) is 0 Å². The number of hydrogen-bond acceptors (Lipinski definition) is 1. The third-order valence-electron chi connectivity index (χ3n) is 5.34. The van der Waals surface area contributed by atoms with Crippen molar-refractivity contribution in [3.05, 3.63) is 71.8 Å². The van der Waals surface area contributed by atoms with Crippen molar-refractivity contribution in [1.29, 1.82) is 0 Å². The van der Waals surface area contributed by atoms with E-state index in [0.717, 1.165) is 11.1 Å². The molecule has 1 N–H and O–H groups in total. The van der Waals surface area contributed by atoms with Crippen LogP contribution < -0.4 is 0 Å². The van der Waals surface area contributed by atoms with Crippen molar-refractivity contribution < 1.29 is 9.90 Å². The van der Waals surface area contributed by atoms with Gasteiger partial charge in [-0.05, 0) is 29.4 Å². The maximum Gasteiger partial charge on any atom is 0.307 e. The molecule has 2 aromatic rings. The molecule has 24 heavy (non-hydrogen) atoms. The summed E-state index contributed by atoms with van der Waals surface area (Å²) in [6.07, 6.45) is 0.543.